The number of alkyl halides is 3. The van der Waals surface area contributed by atoms with Crippen molar-refractivity contribution >= 4 is 34.8 Å². The van der Waals surface area contributed by atoms with Crippen LogP contribution in [0.4, 0.5) is 13.2 Å². The fraction of sp³-hybridized carbons (Fsp3) is 0.167. The molecule has 0 aliphatic heterocycles. The molecule has 1 aromatic rings. The van der Waals surface area contributed by atoms with Gasteiger partial charge < -0.3 is 4.74 Å². The molecule has 0 aliphatic rings. The summed E-state index contributed by atoms with van der Waals surface area (Å²) >= 11 is 16.3. The van der Waals surface area contributed by atoms with Gasteiger partial charge >= 0.3 is 6.36 Å². The van der Waals surface area contributed by atoms with Crippen LogP contribution in [0.1, 0.15) is 0 Å². The molecule has 1 heterocycles. The standard InChI is InChI=1S/C6HCl3F3NO/c7-3-2(14-6(10,11)12)1-13-5(9)4(3)8/h1H. The Morgan fingerprint density at radius 3 is 2.21 bits per heavy atom. The van der Waals surface area contributed by atoms with Crippen molar-refractivity contribution in [2.45, 2.75) is 6.36 Å². The summed E-state index contributed by atoms with van der Waals surface area (Å²) in [7, 11) is 0. The van der Waals surface area contributed by atoms with Crippen LogP contribution in [-0.4, -0.2) is 11.3 Å². The number of pyridine rings is 1. The summed E-state index contributed by atoms with van der Waals surface area (Å²) in [5, 5.41) is -0.898. The highest BCUT2D eigenvalue weighted by atomic mass is 35.5. The molecule has 0 unspecified atom stereocenters. The van der Waals surface area contributed by atoms with Crippen LogP contribution < -0.4 is 4.74 Å². The van der Waals surface area contributed by atoms with Gasteiger partial charge in [-0.15, -0.1) is 13.2 Å². The Hall–Kier alpha value is -0.390. The number of nitrogens with zero attached hydrogens (tertiary/aromatic N) is 1. The fourth-order valence-electron chi connectivity index (χ4n) is 0.623. The van der Waals surface area contributed by atoms with Gasteiger partial charge in [-0.25, -0.2) is 4.98 Å². The summed E-state index contributed by atoms with van der Waals surface area (Å²) in [6, 6.07) is 0. The van der Waals surface area contributed by atoms with Gasteiger partial charge in [0.2, 0.25) is 0 Å². The third-order valence-corrected chi connectivity index (χ3v) is 2.33. The molecule has 0 aliphatic carbocycles. The maximum absolute atomic E-state index is 11.8. The molecule has 8 heteroatoms. The summed E-state index contributed by atoms with van der Waals surface area (Å²) in [6.07, 6.45) is -4.10. The molecule has 14 heavy (non-hydrogen) atoms. The van der Waals surface area contributed by atoms with Crippen LogP contribution in [0, 0.1) is 0 Å². The molecule has 0 aromatic carbocycles. The highest BCUT2D eigenvalue weighted by Gasteiger charge is 2.32. The molecule has 0 atom stereocenters. The lowest BCUT2D eigenvalue weighted by atomic mass is 10.4. The van der Waals surface area contributed by atoms with Gasteiger partial charge in [-0.2, -0.15) is 0 Å². The van der Waals surface area contributed by atoms with Gasteiger partial charge in [0.05, 0.1) is 6.20 Å². The molecule has 1 aromatic heterocycles. The lowest BCUT2D eigenvalue weighted by Crippen LogP contribution is -2.17. The molecule has 0 saturated carbocycles. The second-order valence-electron chi connectivity index (χ2n) is 2.09. The van der Waals surface area contributed by atoms with E-state index in [9.17, 15) is 13.2 Å². The van der Waals surface area contributed by atoms with Gasteiger partial charge in [-0.3, -0.25) is 0 Å². The van der Waals surface area contributed by atoms with Crippen LogP contribution in [0.3, 0.4) is 0 Å². The number of halogens is 6. The summed E-state index contributed by atoms with van der Waals surface area (Å²) in [5.74, 6) is -0.687. The van der Waals surface area contributed by atoms with Gasteiger partial charge in [-0.05, 0) is 0 Å². The van der Waals surface area contributed by atoms with Crippen LogP contribution in [0.25, 0.3) is 0 Å². The maximum Gasteiger partial charge on any atom is 0.573 e. The van der Waals surface area contributed by atoms with Crippen molar-refractivity contribution < 1.29 is 17.9 Å². The average molecular weight is 266 g/mol. The minimum Gasteiger partial charge on any atom is -0.402 e. The van der Waals surface area contributed by atoms with E-state index in [-0.39, 0.29) is 10.2 Å². The van der Waals surface area contributed by atoms with E-state index in [1.54, 1.807) is 0 Å². The Bertz CT molecular complexity index is 355. The molecule has 2 nitrogen and oxygen atoms in total. The molecular formula is C6HCl3F3NO. The fourth-order valence-corrected chi connectivity index (χ4v) is 1.13. The molecule has 0 amide bonds. The summed E-state index contributed by atoms with van der Waals surface area (Å²) < 4.78 is 38.8. The largest absolute Gasteiger partial charge is 0.573 e. The average Bonchev–Trinajstić information content (AvgIpc) is 2.04. The van der Waals surface area contributed by atoms with Crippen molar-refractivity contribution in [3.63, 3.8) is 0 Å². The Labute approximate surface area is 91.5 Å². The van der Waals surface area contributed by atoms with Crippen LogP contribution in [0.5, 0.6) is 5.75 Å². The Balaban J connectivity index is 3.06. The first-order valence-corrected chi connectivity index (χ1v) is 4.20. The summed E-state index contributed by atoms with van der Waals surface area (Å²) in [5.41, 5.74) is 0. The zero-order chi connectivity index (χ0) is 10.9. The number of ether oxygens (including phenoxy) is 1. The topological polar surface area (TPSA) is 22.1 Å². The molecule has 1 rings (SSSR count). The van der Waals surface area contributed by atoms with Crippen LogP contribution in [-0.2, 0) is 0 Å². The number of hydrogen-bond donors (Lipinski definition) is 0. The van der Waals surface area contributed by atoms with Crippen molar-refractivity contribution in [3.05, 3.63) is 21.4 Å². The maximum atomic E-state index is 11.8. The monoisotopic (exact) mass is 265 g/mol. The molecule has 78 valence electrons. The van der Waals surface area contributed by atoms with Gasteiger partial charge in [-0.1, -0.05) is 34.8 Å². The van der Waals surface area contributed by atoms with Crippen LogP contribution in [0.15, 0.2) is 6.20 Å². The van der Waals surface area contributed by atoms with E-state index in [0.29, 0.717) is 0 Å². The molecule has 0 bridgehead atoms. The molecule has 0 radical (unpaired) electrons. The second-order valence-corrected chi connectivity index (χ2v) is 3.20. The van der Waals surface area contributed by atoms with E-state index in [2.05, 4.69) is 9.72 Å². The normalized spacial score (nSPS) is 11.6. The first-order valence-electron chi connectivity index (χ1n) is 3.06. The highest BCUT2D eigenvalue weighted by molar-refractivity contribution is 6.48. The molecule has 0 fully saturated rings. The van der Waals surface area contributed by atoms with E-state index in [0.717, 1.165) is 6.20 Å². The molecular weight excluding hydrogens is 265 g/mol. The SMILES string of the molecule is FC(F)(F)Oc1cnc(Cl)c(Cl)c1Cl. The van der Waals surface area contributed by atoms with Gasteiger partial charge in [0, 0.05) is 0 Å². The third kappa shape index (κ3) is 2.80. The van der Waals surface area contributed by atoms with E-state index < -0.39 is 17.1 Å². The molecule has 0 spiro atoms. The quantitative estimate of drug-likeness (QED) is 0.718. The van der Waals surface area contributed by atoms with Crippen LogP contribution in [0.2, 0.25) is 15.2 Å². The zero-order valence-electron chi connectivity index (χ0n) is 6.20. The number of hydrogen-bond acceptors (Lipinski definition) is 2. The van der Waals surface area contributed by atoms with E-state index in [4.69, 9.17) is 34.8 Å². The van der Waals surface area contributed by atoms with Crippen molar-refractivity contribution in [1.82, 2.24) is 4.98 Å². The van der Waals surface area contributed by atoms with Gasteiger partial charge in [0.15, 0.2) is 5.75 Å². The summed E-state index contributed by atoms with van der Waals surface area (Å²) in [4.78, 5) is 3.35. The van der Waals surface area contributed by atoms with E-state index in [1.807, 2.05) is 0 Å². The van der Waals surface area contributed by atoms with Crippen molar-refractivity contribution in [2.75, 3.05) is 0 Å². The van der Waals surface area contributed by atoms with Gasteiger partial charge in [0.1, 0.15) is 15.2 Å². The molecule has 0 N–H and O–H groups in total. The predicted molar refractivity (Wildman–Crippen MR) is 46.0 cm³/mol. The minimum atomic E-state index is -4.84. The van der Waals surface area contributed by atoms with Gasteiger partial charge in [0.25, 0.3) is 0 Å². The molecule has 0 saturated heterocycles. The zero-order valence-corrected chi connectivity index (χ0v) is 8.47. The highest BCUT2D eigenvalue weighted by Crippen LogP contribution is 2.37. The summed E-state index contributed by atoms with van der Waals surface area (Å²) in [6.45, 7) is 0. The first-order chi connectivity index (χ1) is 6.31. The first kappa shape index (κ1) is 11.7. The Morgan fingerprint density at radius 2 is 1.71 bits per heavy atom. The van der Waals surface area contributed by atoms with E-state index in [1.165, 1.54) is 0 Å². The Kier molecular flexibility index (Phi) is 3.34. The lowest BCUT2D eigenvalue weighted by molar-refractivity contribution is -0.274. The lowest BCUT2D eigenvalue weighted by Gasteiger charge is -2.10. The van der Waals surface area contributed by atoms with Crippen LogP contribution >= 0.6 is 34.8 Å². The van der Waals surface area contributed by atoms with Crippen molar-refractivity contribution in [1.29, 1.82) is 0 Å². The third-order valence-electron chi connectivity index (χ3n) is 1.11. The number of aromatic nitrogens is 1. The van der Waals surface area contributed by atoms with Crippen molar-refractivity contribution in [2.24, 2.45) is 0 Å². The number of rotatable bonds is 1. The van der Waals surface area contributed by atoms with Crippen molar-refractivity contribution in [3.8, 4) is 5.75 Å². The second kappa shape index (κ2) is 4.00. The minimum absolute atomic E-state index is 0.189. The Morgan fingerprint density at radius 1 is 1.14 bits per heavy atom. The smallest absolute Gasteiger partial charge is 0.402 e. The van der Waals surface area contributed by atoms with E-state index >= 15 is 0 Å². The predicted octanol–water partition coefficient (Wildman–Crippen LogP) is 3.94.